The number of benzene rings is 1. The lowest BCUT2D eigenvalue weighted by molar-refractivity contribution is -0.130. The van der Waals surface area contributed by atoms with Gasteiger partial charge in [0.1, 0.15) is 12.4 Å². The number of nitrogens with zero attached hydrogens (tertiary/aromatic N) is 1. The highest BCUT2D eigenvalue weighted by Crippen LogP contribution is 2.30. The number of nitrogen functional groups attached to an aromatic ring is 1. The van der Waals surface area contributed by atoms with Crippen molar-refractivity contribution in [2.45, 2.75) is 12.6 Å². The summed E-state index contributed by atoms with van der Waals surface area (Å²) in [4.78, 5) is 12.0. The molecule has 3 rings (SSSR count). The van der Waals surface area contributed by atoms with E-state index in [2.05, 4.69) is 15.5 Å². The Labute approximate surface area is 115 Å². The molecule has 2 heterocycles. The highest BCUT2D eigenvalue weighted by atomic mass is 16.6. The van der Waals surface area contributed by atoms with Crippen LogP contribution in [-0.2, 0) is 11.3 Å². The van der Waals surface area contributed by atoms with E-state index in [-0.39, 0.29) is 12.5 Å². The minimum Gasteiger partial charge on any atom is -0.485 e. The molecule has 0 radical (unpaired) electrons. The number of carbonyl (C=O) groups is 1. The average Bonchev–Trinajstić information content (AvgIpc) is 2.89. The van der Waals surface area contributed by atoms with Crippen molar-refractivity contribution in [3.8, 4) is 11.5 Å². The van der Waals surface area contributed by atoms with Crippen LogP contribution in [0.5, 0.6) is 11.5 Å². The van der Waals surface area contributed by atoms with Crippen molar-refractivity contribution in [1.29, 1.82) is 0 Å². The molecule has 0 aliphatic carbocycles. The fraction of sp³-hybridized carbons (Fsp3) is 0.231. The third-order valence-electron chi connectivity index (χ3n) is 3.01. The Morgan fingerprint density at radius 3 is 3.00 bits per heavy atom. The fourth-order valence-corrected chi connectivity index (χ4v) is 1.91. The largest absolute Gasteiger partial charge is 0.485 e. The molecule has 1 amide bonds. The number of amides is 1. The van der Waals surface area contributed by atoms with E-state index in [9.17, 15) is 4.79 Å². The number of fused-ring (bicyclic) bond motifs is 1. The molecule has 1 aliphatic heterocycles. The number of hydrogen-bond acceptors (Lipinski definition) is 5. The Morgan fingerprint density at radius 2 is 2.25 bits per heavy atom. The fourth-order valence-electron chi connectivity index (χ4n) is 1.91. The van der Waals surface area contributed by atoms with E-state index in [4.69, 9.17) is 15.2 Å². The number of rotatable bonds is 3. The van der Waals surface area contributed by atoms with Crippen molar-refractivity contribution in [2.75, 3.05) is 12.3 Å². The second-order valence-corrected chi connectivity index (χ2v) is 4.39. The van der Waals surface area contributed by atoms with Gasteiger partial charge in [-0.2, -0.15) is 5.10 Å². The van der Waals surface area contributed by atoms with Crippen molar-refractivity contribution in [3.05, 3.63) is 36.0 Å². The summed E-state index contributed by atoms with van der Waals surface area (Å²) >= 11 is 0. The van der Waals surface area contributed by atoms with Crippen molar-refractivity contribution in [2.24, 2.45) is 0 Å². The van der Waals surface area contributed by atoms with E-state index < -0.39 is 6.10 Å². The van der Waals surface area contributed by atoms with Crippen molar-refractivity contribution in [1.82, 2.24) is 15.5 Å². The van der Waals surface area contributed by atoms with Crippen LogP contribution in [-0.4, -0.2) is 28.8 Å². The summed E-state index contributed by atoms with van der Waals surface area (Å²) in [6, 6.07) is 7.25. The molecule has 0 bridgehead atoms. The van der Waals surface area contributed by atoms with E-state index in [1.54, 1.807) is 18.3 Å². The predicted molar refractivity (Wildman–Crippen MR) is 71.2 cm³/mol. The van der Waals surface area contributed by atoms with Gasteiger partial charge in [0.25, 0.3) is 5.91 Å². The van der Waals surface area contributed by atoms with Crippen LogP contribution in [0, 0.1) is 0 Å². The maximum absolute atomic E-state index is 12.0. The maximum Gasteiger partial charge on any atom is 0.264 e. The first kappa shape index (κ1) is 12.3. The molecule has 20 heavy (non-hydrogen) atoms. The molecule has 4 N–H and O–H groups in total. The zero-order valence-corrected chi connectivity index (χ0v) is 10.6. The van der Waals surface area contributed by atoms with Crippen LogP contribution in [0.4, 0.5) is 5.82 Å². The molecule has 0 fully saturated rings. The summed E-state index contributed by atoms with van der Waals surface area (Å²) in [5.74, 6) is 1.41. The van der Waals surface area contributed by atoms with Gasteiger partial charge in [-0.3, -0.25) is 9.89 Å². The lowest BCUT2D eigenvalue weighted by Gasteiger charge is -2.25. The summed E-state index contributed by atoms with van der Waals surface area (Å²) in [5.41, 5.74) is 6.38. The van der Waals surface area contributed by atoms with Gasteiger partial charge in [0.15, 0.2) is 11.5 Å². The number of nitrogens with two attached hydrogens (primary N) is 1. The van der Waals surface area contributed by atoms with E-state index >= 15 is 0 Å². The summed E-state index contributed by atoms with van der Waals surface area (Å²) in [5, 5.41) is 9.13. The number of para-hydroxylation sites is 2. The van der Waals surface area contributed by atoms with Gasteiger partial charge in [-0.25, -0.2) is 0 Å². The molecular weight excluding hydrogens is 260 g/mol. The molecule has 1 unspecified atom stereocenters. The SMILES string of the molecule is Nc1[nH]ncc1CNC(=O)C1COc2ccccc2O1. The van der Waals surface area contributed by atoms with Gasteiger partial charge in [-0.1, -0.05) is 12.1 Å². The Morgan fingerprint density at radius 1 is 1.45 bits per heavy atom. The lowest BCUT2D eigenvalue weighted by atomic mass is 10.2. The van der Waals surface area contributed by atoms with Crippen molar-refractivity contribution >= 4 is 11.7 Å². The number of H-pyrrole nitrogens is 1. The molecule has 2 aromatic rings. The Hall–Kier alpha value is -2.70. The molecule has 7 heteroatoms. The van der Waals surface area contributed by atoms with Crippen molar-refractivity contribution < 1.29 is 14.3 Å². The molecular formula is C13H14N4O3. The second kappa shape index (κ2) is 5.12. The van der Waals surface area contributed by atoms with Gasteiger partial charge < -0.3 is 20.5 Å². The maximum atomic E-state index is 12.0. The van der Waals surface area contributed by atoms with E-state index in [0.717, 1.165) is 5.56 Å². The number of nitrogens with one attached hydrogen (secondary N) is 2. The van der Waals surface area contributed by atoms with Gasteiger partial charge in [0, 0.05) is 12.1 Å². The van der Waals surface area contributed by atoms with Crippen LogP contribution in [0.15, 0.2) is 30.5 Å². The summed E-state index contributed by atoms with van der Waals surface area (Å²) in [7, 11) is 0. The number of hydrogen-bond donors (Lipinski definition) is 3. The highest BCUT2D eigenvalue weighted by molar-refractivity contribution is 5.81. The molecule has 0 spiro atoms. The lowest BCUT2D eigenvalue weighted by Crippen LogP contribution is -2.43. The standard InChI is InChI=1S/C13H14N4O3/c14-12-8(6-16-17-12)5-15-13(18)11-7-19-9-3-1-2-4-10(9)20-11/h1-4,6,11H,5,7H2,(H,15,18)(H3,14,16,17). The second-order valence-electron chi connectivity index (χ2n) is 4.39. The molecule has 1 aromatic carbocycles. The first-order chi connectivity index (χ1) is 9.74. The summed E-state index contributed by atoms with van der Waals surface area (Å²) in [6.07, 6.45) is 0.904. The average molecular weight is 274 g/mol. The molecule has 1 aliphatic rings. The molecule has 7 nitrogen and oxygen atoms in total. The quantitative estimate of drug-likeness (QED) is 0.754. The Bertz CT molecular complexity index is 626. The third-order valence-corrected chi connectivity index (χ3v) is 3.01. The number of anilines is 1. The molecule has 0 saturated carbocycles. The van der Waals surface area contributed by atoms with Gasteiger partial charge in [0.05, 0.1) is 6.20 Å². The predicted octanol–water partition coefficient (Wildman–Crippen LogP) is 0.448. The van der Waals surface area contributed by atoms with E-state index in [0.29, 0.717) is 23.9 Å². The normalized spacial score (nSPS) is 16.7. The highest BCUT2D eigenvalue weighted by Gasteiger charge is 2.27. The topological polar surface area (TPSA) is 102 Å². The van der Waals surface area contributed by atoms with E-state index in [1.807, 2.05) is 12.1 Å². The summed E-state index contributed by atoms with van der Waals surface area (Å²) < 4.78 is 11.1. The minimum atomic E-state index is -0.668. The Kier molecular flexibility index (Phi) is 3.16. The zero-order chi connectivity index (χ0) is 13.9. The van der Waals surface area contributed by atoms with Gasteiger partial charge in [0.2, 0.25) is 6.10 Å². The van der Waals surface area contributed by atoms with Crippen LogP contribution < -0.4 is 20.5 Å². The van der Waals surface area contributed by atoms with Gasteiger partial charge in [-0.15, -0.1) is 0 Å². The monoisotopic (exact) mass is 274 g/mol. The molecule has 0 saturated heterocycles. The van der Waals surface area contributed by atoms with Gasteiger partial charge >= 0.3 is 0 Å². The van der Waals surface area contributed by atoms with Crippen LogP contribution in [0.2, 0.25) is 0 Å². The van der Waals surface area contributed by atoms with Gasteiger partial charge in [-0.05, 0) is 12.1 Å². The van der Waals surface area contributed by atoms with Crippen LogP contribution in [0.3, 0.4) is 0 Å². The summed E-state index contributed by atoms with van der Waals surface area (Å²) in [6.45, 7) is 0.479. The number of aromatic nitrogens is 2. The molecule has 1 aromatic heterocycles. The number of ether oxygens (including phenoxy) is 2. The van der Waals surface area contributed by atoms with Crippen LogP contribution in [0.25, 0.3) is 0 Å². The number of aromatic amines is 1. The molecule has 1 atom stereocenters. The van der Waals surface area contributed by atoms with Crippen LogP contribution >= 0.6 is 0 Å². The minimum absolute atomic E-state index is 0.184. The first-order valence-corrected chi connectivity index (χ1v) is 6.18. The third kappa shape index (κ3) is 2.37. The smallest absolute Gasteiger partial charge is 0.264 e. The van der Waals surface area contributed by atoms with Crippen molar-refractivity contribution in [3.63, 3.8) is 0 Å². The Balaban J connectivity index is 1.60. The molecule has 104 valence electrons. The first-order valence-electron chi connectivity index (χ1n) is 6.18. The zero-order valence-electron chi connectivity index (χ0n) is 10.6. The van der Waals surface area contributed by atoms with Crippen LogP contribution in [0.1, 0.15) is 5.56 Å². The number of carbonyl (C=O) groups excluding carboxylic acids is 1. The van der Waals surface area contributed by atoms with E-state index in [1.165, 1.54) is 0 Å².